The lowest BCUT2D eigenvalue weighted by atomic mass is 9.91. The molecule has 2 saturated heterocycles. The van der Waals surface area contributed by atoms with Crippen molar-refractivity contribution in [1.82, 2.24) is 19.5 Å². The molecule has 0 aliphatic carbocycles. The third kappa shape index (κ3) is 5.03. The molecule has 7 nitrogen and oxygen atoms in total. The van der Waals surface area contributed by atoms with Gasteiger partial charge in [0.1, 0.15) is 0 Å². The van der Waals surface area contributed by atoms with Crippen LogP contribution in [0, 0.1) is 0 Å². The fourth-order valence-electron chi connectivity index (χ4n) is 4.05. The molecule has 8 heteroatoms. The molecule has 2 amide bonds. The van der Waals surface area contributed by atoms with Crippen LogP contribution in [-0.4, -0.2) is 65.6 Å². The third-order valence-corrected chi connectivity index (χ3v) is 8.02. The number of pyridine rings is 1. The summed E-state index contributed by atoms with van der Waals surface area (Å²) in [4.78, 5) is 18.1. The molecule has 2 aliphatic heterocycles. The van der Waals surface area contributed by atoms with E-state index in [1.54, 1.807) is 21.6 Å². The molecular formula is C20H32N4O3S. The normalized spacial score (nSPS) is 20.9. The predicted octanol–water partition coefficient (Wildman–Crippen LogP) is 2.56. The molecule has 1 N–H and O–H groups in total. The van der Waals surface area contributed by atoms with E-state index in [4.69, 9.17) is 0 Å². The predicted molar refractivity (Wildman–Crippen MR) is 110 cm³/mol. The Hall–Kier alpha value is -1.67. The molecule has 0 bridgehead atoms. The van der Waals surface area contributed by atoms with Crippen LogP contribution in [0.4, 0.5) is 4.79 Å². The van der Waals surface area contributed by atoms with Crippen molar-refractivity contribution >= 4 is 16.1 Å². The Morgan fingerprint density at radius 1 is 1.04 bits per heavy atom. The van der Waals surface area contributed by atoms with Gasteiger partial charge >= 0.3 is 6.03 Å². The van der Waals surface area contributed by atoms with Crippen LogP contribution in [0.1, 0.15) is 57.9 Å². The van der Waals surface area contributed by atoms with Crippen molar-refractivity contribution in [2.75, 3.05) is 26.2 Å². The highest BCUT2D eigenvalue weighted by molar-refractivity contribution is 7.89. The number of carbonyl (C=O) groups excluding carboxylic acids is 1. The van der Waals surface area contributed by atoms with Gasteiger partial charge in [0.2, 0.25) is 10.0 Å². The Morgan fingerprint density at radius 3 is 2.14 bits per heavy atom. The summed E-state index contributed by atoms with van der Waals surface area (Å²) in [6.07, 6.45) is 6.28. The second-order valence-electron chi connectivity index (χ2n) is 8.87. The lowest BCUT2D eigenvalue weighted by Gasteiger charge is -2.38. The Bertz CT molecular complexity index is 760. The maximum Gasteiger partial charge on any atom is 0.317 e. The lowest BCUT2D eigenvalue weighted by Crippen LogP contribution is -2.53. The van der Waals surface area contributed by atoms with Crippen LogP contribution in [0.25, 0.3) is 0 Å². The number of amides is 2. The van der Waals surface area contributed by atoms with E-state index in [1.807, 2.05) is 32.9 Å². The van der Waals surface area contributed by atoms with Crippen LogP contribution < -0.4 is 5.32 Å². The van der Waals surface area contributed by atoms with Gasteiger partial charge in [0, 0.05) is 44.1 Å². The summed E-state index contributed by atoms with van der Waals surface area (Å²) in [6, 6.07) is 3.93. The van der Waals surface area contributed by atoms with E-state index >= 15 is 0 Å². The van der Waals surface area contributed by atoms with Gasteiger partial charge in [0.25, 0.3) is 0 Å². The van der Waals surface area contributed by atoms with Gasteiger partial charge in [-0.3, -0.25) is 4.98 Å². The highest BCUT2D eigenvalue weighted by Gasteiger charge is 2.37. The SMILES string of the molecule is CC(C)(C)NC(=O)N1CCC(S(=O)(=O)N2CCC(c3ccncc3)CC2)CC1. The molecule has 2 aliphatic rings. The number of likely N-dealkylation sites (tertiary alicyclic amines) is 1. The van der Waals surface area contributed by atoms with Crippen LogP contribution in [0.15, 0.2) is 24.5 Å². The van der Waals surface area contributed by atoms with E-state index in [2.05, 4.69) is 10.3 Å². The largest absolute Gasteiger partial charge is 0.333 e. The van der Waals surface area contributed by atoms with Gasteiger partial charge in [-0.05, 0) is 70.1 Å². The number of carbonyl (C=O) groups is 1. The molecule has 0 aromatic carbocycles. The molecule has 3 heterocycles. The summed E-state index contributed by atoms with van der Waals surface area (Å²) >= 11 is 0. The lowest BCUT2D eigenvalue weighted by molar-refractivity contribution is 0.177. The zero-order valence-electron chi connectivity index (χ0n) is 17.1. The number of aromatic nitrogens is 1. The fraction of sp³-hybridized carbons (Fsp3) is 0.700. The third-order valence-electron chi connectivity index (χ3n) is 5.62. The van der Waals surface area contributed by atoms with Crippen molar-refractivity contribution in [3.63, 3.8) is 0 Å². The van der Waals surface area contributed by atoms with E-state index in [-0.39, 0.29) is 16.8 Å². The molecule has 2 fully saturated rings. The van der Waals surface area contributed by atoms with E-state index < -0.39 is 10.0 Å². The van der Waals surface area contributed by atoms with Gasteiger partial charge in [-0.25, -0.2) is 17.5 Å². The summed E-state index contributed by atoms with van der Waals surface area (Å²) in [5.74, 6) is 0.400. The van der Waals surface area contributed by atoms with Gasteiger partial charge in [0.05, 0.1) is 5.25 Å². The molecule has 0 spiro atoms. The second kappa shape index (κ2) is 8.37. The van der Waals surface area contributed by atoms with Crippen LogP contribution in [-0.2, 0) is 10.0 Å². The number of hydrogen-bond acceptors (Lipinski definition) is 4. The van der Waals surface area contributed by atoms with Crippen LogP contribution >= 0.6 is 0 Å². The van der Waals surface area contributed by atoms with Crippen molar-refractivity contribution < 1.29 is 13.2 Å². The minimum atomic E-state index is -3.31. The molecule has 3 rings (SSSR count). The van der Waals surface area contributed by atoms with E-state index in [9.17, 15) is 13.2 Å². The van der Waals surface area contributed by atoms with Gasteiger partial charge in [0.15, 0.2) is 0 Å². The number of nitrogens with zero attached hydrogens (tertiary/aromatic N) is 3. The minimum absolute atomic E-state index is 0.110. The minimum Gasteiger partial charge on any atom is -0.333 e. The number of sulfonamides is 1. The van der Waals surface area contributed by atoms with Gasteiger partial charge in [-0.1, -0.05) is 0 Å². The zero-order chi connectivity index (χ0) is 20.4. The van der Waals surface area contributed by atoms with E-state index in [0.717, 1.165) is 12.8 Å². The van der Waals surface area contributed by atoms with Crippen LogP contribution in [0.2, 0.25) is 0 Å². The monoisotopic (exact) mass is 408 g/mol. The first-order chi connectivity index (χ1) is 13.2. The second-order valence-corrected chi connectivity index (χ2v) is 11.1. The molecule has 0 saturated carbocycles. The Kier molecular flexibility index (Phi) is 6.29. The fourth-order valence-corrected chi connectivity index (χ4v) is 5.99. The van der Waals surface area contributed by atoms with E-state index in [0.29, 0.717) is 44.9 Å². The summed E-state index contributed by atoms with van der Waals surface area (Å²) in [7, 11) is -3.31. The number of nitrogens with one attached hydrogen (secondary N) is 1. The number of rotatable bonds is 3. The van der Waals surface area contributed by atoms with Crippen LogP contribution in [0.5, 0.6) is 0 Å². The number of piperidine rings is 2. The zero-order valence-corrected chi connectivity index (χ0v) is 17.9. The molecule has 0 unspecified atom stereocenters. The quantitative estimate of drug-likeness (QED) is 0.833. The molecule has 0 radical (unpaired) electrons. The molecule has 1 aromatic heterocycles. The highest BCUT2D eigenvalue weighted by Crippen LogP contribution is 2.31. The van der Waals surface area contributed by atoms with Crippen molar-refractivity contribution in [1.29, 1.82) is 0 Å². The maximum atomic E-state index is 13.1. The number of urea groups is 1. The first-order valence-corrected chi connectivity index (χ1v) is 11.6. The topological polar surface area (TPSA) is 82.6 Å². The summed E-state index contributed by atoms with van der Waals surface area (Å²) in [6.45, 7) is 7.94. The van der Waals surface area contributed by atoms with Gasteiger partial charge < -0.3 is 10.2 Å². The Morgan fingerprint density at radius 2 is 1.61 bits per heavy atom. The van der Waals surface area contributed by atoms with Gasteiger partial charge in [-0.15, -0.1) is 0 Å². The average molecular weight is 409 g/mol. The van der Waals surface area contributed by atoms with Crippen molar-refractivity contribution in [2.45, 2.75) is 63.2 Å². The van der Waals surface area contributed by atoms with Crippen molar-refractivity contribution in [3.05, 3.63) is 30.1 Å². The van der Waals surface area contributed by atoms with E-state index in [1.165, 1.54) is 5.56 Å². The highest BCUT2D eigenvalue weighted by atomic mass is 32.2. The van der Waals surface area contributed by atoms with Crippen molar-refractivity contribution in [3.8, 4) is 0 Å². The molecule has 0 atom stereocenters. The maximum absolute atomic E-state index is 13.1. The number of hydrogen-bond donors (Lipinski definition) is 1. The molecule has 156 valence electrons. The smallest absolute Gasteiger partial charge is 0.317 e. The summed E-state index contributed by atoms with van der Waals surface area (Å²) < 4.78 is 27.8. The van der Waals surface area contributed by atoms with Crippen LogP contribution in [0.3, 0.4) is 0 Å². The first kappa shape index (κ1) is 21.0. The molecular weight excluding hydrogens is 376 g/mol. The molecule has 1 aromatic rings. The molecule has 28 heavy (non-hydrogen) atoms. The average Bonchev–Trinajstić information content (AvgIpc) is 2.67. The summed E-state index contributed by atoms with van der Waals surface area (Å²) in [5, 5.41) is 2.56. The Labute approximate surface area is 168 Å². The first-order valence-electron chi connectivity index (χ1n) is 10.1. The Balaban J connectivity index is 1.53. The van der Waals surface area contributed by atoms with Crippen molar-refractivity contribution in [2.24, 2.45) is 0 Å². The standard InChI is InChI=1S/C20H32N4O3S/c1-20(2,3)22-19(25)23-12-8-18(9-13-23)28(26,27)24-14-6-17(7-15-24)16-4-10-21-11-5-16/h4-5,10-11,17-18H,6-9,12-15H2,1-3H3,(H,22,25). The van der Waals surface area contributed by atoms with Gasteiger partial charge in [-0.2, -0.15) is 0 Å². The summed E-state index contributed by atoms with van der Waals surface area (Å²) in [5.41, 5.74) is 0.948.